The number of fused-ring (bicyclic) bond motifs is 1. The minimum Gasteiger partial charge on any atom is -0.391 e. The largest absolute Gasteiger partial charge is 0.391 e. The Bertz CT molecular complexity index is 344. The number of sulfone groups is 1. The highest BCUT2D eigenvalue weighted by molar-refractivity contribution is 7.91. The van der Waals surface area contributed by atoms with E-state index in [9.17, 15) is 8.42 Å². The standard InChI is InChI=1S/C8H13NO3S/c1-5(2)8-6-3-13(10,11)4-7(6)12-9-8/h5-7H,3-4H2,1-2H3. The van der Waals surface area contributed by atoms with Crippen molar-refractivity contribution in [2.75, 3.05) is 11.5 Å². The molecule has 1 fully saturated rings. The van der Waals surface area contributed by atoms with Gasteiger partial charge >= 0.3 is 0 Å². The van der Waals surface area contributed by atoms with Gasteiger partial charge in [0, 0.05) is 0 Å². The van der Waals surface area contributed by atoms with Crippen molar-refractivity contribution in [2.24, 2.45) is 17.0 Å². The summed E-state index contributed by atoms with van der Waals surface area (Å²) in [7, 11) is -2.88. The van der Waals surface area contributed by atoms with Crippen LogP contribution in [0.25, 0.3) is 0 Å². The minimum atomic E-state index is -2.88. The Morgan fingerprint density at radius 2 is 2.15 bits per heavy atom. The van der Waals surface area contributed by atoms with Crippen molar-refractivity contribution in [1.82, 2.24) is 0 Å². The molecule has 1 saturated heterocycles. The van der Waals surface area contributed by atoms with Gasteiger partial charge < -0.3 is 4.84 Å². The quantitative estimate of drug-likeness (QED) is 0.621. The SMILES string of the molecule is CC(C)C1=NOC2CS(=O)(=O)CC12. The third kappa shape index (κ3) is 1.45. The average molecular weight is 203 g/mol. The van der Waals surface area contributed by atoms with Crippen LogP contribution in [0.3, 0.4) is 0 Å². The molecule has 13 heavy (non-hydrogen) atoms. The molecule has 2 aliphatic rings. The predicted octanol–water partition coefficient (Wildman–Crippen LogP) is 0.442. The summed E-state index contributed by atoms with van der Waals surface area (Å²) in [6.45, 7) is 4.02. The van der Waals surface area contributed by atoms with E-state index in [0.717, 1.165) is 5.71 Å². The van der Waals surface area contributed by atoms with Gasteiger partial charge in [-0.1, -0.05) is 19.0 Å². The first-order valence-corrected chi connectivity index (χ1v) is 6.26. The summed E-state index contributed by atoms with van der Waals surface area (Å²) in [4.78, 5) is 5.10. The highest BCUT2D eigenvalue weighted by atomic mass is 32.2. The van der Waals surface area contributed by atoms with Crippen LogP contribution in [-0.4, -0.2) is 31.7 Å². The fraction of sp³-hybridized carbons (Fsp3) is 0.875. The molecular weight excluding hydrogens is 190 g/mol. The fourth-order valence-electron chi connectivity index (χ4n) is 1.92. The van der Waals surface area contributed by atoms with Crippen LogP contribution in [0.4, 0.5) is 0 Å². The number of rotatable bonds is 1. The highest BCUT2D eigenvalue weighted by Gasteiger charge is 2.46. The molecule has 0 saturated carbocycles. The molecule has 5 heteroatoms. The Labute approximate surface area is 77.9 Å². The lowest BCUT2D eigenvalue weighted by Crippen LogP contribution is -2.24. The smallest absolute Gasteiger partial charge is 0.154 e. The van der Waals surface area contributed by atoms with Gasteiger partial charge in [-0.2, -0.15) is 0 Å². The van der Waals surface area contributed by atoms with E-state index in [-0.39, 0.29) is 29.4 Å². The molecule has 2 rings (SSSR count). The lowest BCUT2D eigenvalue weighted by atomic mass is 9.93. The van der Waals surface area contributed by atoms with Crippen molar-refractivity contribution >= 4 is 15.5 Å². The van der Waals surface area contributed by atoms with Crippen LogP contribution in [-0.2, 0) is 14.7 Å². The van der Waals surface area contributed by atoms with Crippen LogP contribution in [0.1, 0.15) is 13.8 Å². The van der Waals surface area contributed by atoms with Gasteiger partial charge in [0.15, 0.2) is 15.9 Å². The van der Waals surface area contributed by atoms with E-state index in [0.29, 0.717) is 0 Å². The Kier molecular flexibility index (Phi) is 1.87. The molecule has 0 aromatic carbocycles. The molecule has 0 N–H and O–H groups in total. The number of oxime groups is 1. The van der Waals surface area contributed by atoms with E-state index in [4.69, 9.17) is 4.84 Å². The lowest BCUT2D eigenvalue weighted by molar-refractivity contribution is 0.0882. The second-order valence-electron chi connectivity index (χ2n) is 4.00. The first-order valence-electron chi connectivity index (χ1n) is 4.43. The second kappa shape index (κ2) is 2.70. The van der Waals surface area contributed by atoms with Crippen LogP contribution in [0.15, 0.2) is 5.16 Å². The molecule has 0 amide bonds. The summed E-state index contributed by atoms with van der Waals surface area (Å²) < 4.78 is 22.6. The van der Waals surface area contributed by atoms with E-state index < -0.39 is 9.84 Å². The number of hydrogen-bond acceptors (Lipinski definition) is 4. The van der Waals surface area contributed by atoms with Crippen molar-refractivity contribution < 1.29 is 13.3 Å². The Hall–Kier alpha value is -0.580. The van der Waals surface area contributed by atoms with Crippen LogP contribution in [0.5, 0.6) is 0 Å². The zero-order valence-corrected chi connectivity index (χ0v) is 8.54. The molecule has 2 atom stereocenters. The Morgan fingerprint density at radius 1 is 1.46 bits per heavy atom. The predicted molar refractivity (Wildman–Crippen MR) is 49.3 cm³/mol. The zero-order valence-electron chi connectivity index (χ0n) is 7.73. The summed E-state index contributed by atoms with van der Waals surface area (Å²) in [5.74, 6) is 0.653. The second-order valence-corrected chi connectivity index (χ2v) is 6.15. The van der Waals surface area contributed by atoms with Crippen LogP contribution >= 0.6 is 0 Å². The van der Waals surface area contributed by atoms with Crippen LogP contribution < -0.4 is 0 Å². The molecule has 2 heterocycles. The first-order chi connectivity index (χ1) is 5.99. The summed E-state index contributed by atoms with van der Waals surface area (Å²) in [6, 6.07) is 0. The first kappa shape index (κ1) is 8.99. The van der Waals surface area contributed by atoms with Gasteiger partial charge in [-0.25, -0.2) is 8.42 Å². The van der Waals surface area contributed by atoms with E-state index in [1.807, 2.05) is 13.8 Å². The average Bonchev–Trinajstić information content (AvgIpc) is 2.41. The third-order valence-corrected chi connectivity index (χ3v) is 4.27. The van der Waals surface area contributed by atoms with Crippen molar-refractivity contribution in [3.63, 3.8) is 0 Å². The molecular formula is C8H13NO3S. The maximum atomic E-state index is 11.3. The van der Waals surface area contributed by atoms with Gasteiger partial charge in [0.1, 0.15) is 0 Å². The molecule has 74 valence electrons. The normalized spacial score (nSPS) is 35.8. The van der Waals surface area contributed by atoms with E-state index in [1.165, 1.54) is 0 Å². The van der Waals surface area contributed by atoms with Crippen LogP contribution in [0, 0.1) is 11.8 Å². The molecule has 2 unspecified atom stereocenters. The molecule has 2 aliphatic heterocycles. The van der Waals surface area contributed by atoms with Gasteiger partial charge in [-0.05, 0) is 5.92 Å². The molecule has 0 spiro atoms. The van der Waals surface area contributed by atoms with Gasteiger partial charge in [-0.3, -0.25) is 0 Å². The van der Waals surface area contributed by atoms with Crippen molar-refractivity contribution in [3.8, 4) is 0 Å². The van der Waals surface area contributed by atoms with Gasteiger partial charge in [-0.15, -0.1) is 0 Å². The van der Waals surface area contributed by atoms with Crippen molar-refractivity contribution in [1.29, 1.82) is 0 Å². The highest BCUT2D eigenvalue weighted by Crippen LogP contribution is 2.31. The summed E-state index contributed by atoms with van der Waals surface area (Å²) in [6.07, 6.45) is -0.206. The molecule has 0 aromatic rings. The van der Waals surface area contributed by atoms with E-state index >= 15 is 0 Å². The molecule has 0 aromatic heterocycles. The summed E-state index contributed by atoms with van der Waals surface area (Å²) in [5.41, 5.74) is 0.908. The fourth-order valence-corrected chi connectivity index (χ4v) is 3.79. The van der Waals surface area contributed by atoms with Gasteiger partial charge in [0.2, 0.25) is 0 Å². The van der Waals surface area contributed by atoms with E-state index in [1.54, 1.807) is 0 Å². The number of nitrogens with zero attached hydrogens (tertiary/aromatic N) is 1. The van der Waals surface area contributed by atoms with Crippen molar-refractivity contribution in [3.05, 3.63) is 0 Å². The zero-order chi connectivity index (χ0) is 9.64. The van der Waals surface area contributed by atoms with Crippen molar-refractivity contribution in [2.45, 2.75) is 20.0 Å². The lowest BCUT2D eigenvalue weighted by Gasteiger charge is -2.08. The Morgan fingerprint density at radius 3 is 2.77 bits per heavy atom. The summed E-state index contributed by atoms with van der Waals surface area (Å²) in [5, 5.41) is 3.94. The van der Waals surface area contributed by atoms with Crippen LogP contribution in [0.2, 0.25) is 0 Å². The maximum Gasteiger partial charge on any atom is 0.154 e. The topological polar surface area (TPSA) is 55.7 Å². The maximum absolute atomic E-state index is 11.3. The van der Waals surface area contributed by atoms with Gasteiger partial charge in [0.25, 0.3) is 0 Å². The summed E-state index contributed by atoms with van der Waals surface area (Å²) >= 11 is 0. The third-order valence-electron chi connectivity index (χ3n) is 2.57. The van der Waals surface area contributed by atoms with Gasteiger partial charge in [0.05, 0.1) is 23.1 Å². The molecule has 0 aliphatic carbocycles. The number of hydrogen-bond donors (Lipinski definition) is 0. The minimum absolute atomic E-state index is 0.0185. The Balaban J connectivity index is 2.23. The monoisotopic (exact) mass is 203 g/mol. The van der Waals surface area contributed by atoms with E-state index in [2.05, 4.69) is 5.16 Å². The molecule has 4 nitrogen and oxygen atoms in total. The molecule has 0 radical (unpaired) electrons. The molecule has 0 bridgehead atoms.